The number of rotatable bonds is 3. The predicted octanol–water partition coefficient (Wildman–Crippen LogP) is 3.69. The standard InChI is InChI=1S/C15H20O2/c1-12(2)14(16)17-15(10-6-7-11-15)13-8-4-3-5-9-13/h3-4,8H,1,5-7,9-11H2,2H3. The molecule has 0 amide bonds. The summed E-state index contributed by atoms with van der Waals surface area (Å²) < 4.78 is 5.76. The van der Waals surface area contributed by atoms with Gasteiger partial charge in [0.1, 0.15) is 5.60 Å². The van der Waals surface area contributed by atoms with Crippen LogP contribution in [0.3, 0.4) is 0 Å². The highest BCUT2D eigenvalue weighted by Gasteiger charge is 2.40. The third-order valence-electron chi connectivity index (χ3n) is 3.65. The van der Waals surface area contributed by atoms with Crippen molar-refractivity contribution in [2.75, 3.05) is 0 Å². The zero-order valence-corrected chi connectivity index (χ0v) is 10.5. The van der Waals surface area contributed by atoms with Gasteiger partial charge in [0.25, 0.3) is 0 Å². The van der Waals surface area contributed by atoms with Crippen LogP contribution in [0, 0.1) is 0 Å². The molecular formula is C15H20O2. The third-order valence-corrected chi connectivity index (χ3v) is 3.65. The van der Waals surface area contributed by atoms with E-state index in [9.17, 15) is 4.79 Å². The zero-order valence-electron chi connectivity index (χ0n) is 10.5. The molecule has 1 saturated carbocycles. The van der Waals surface area contributed by atoms with E-state index < -0.39 is 0 Å². The summed E-state index contributed by atoms with van der Waals surface area (Å²) in [5.41, 5.74) is 1.44. The van der Waals surface area contributed by atoms with Gasteiger partial charge in [-0.05, 0) is 51.0 Å². The molecule has 2 aliphatic rings. The molecule has 17 heavy (non-hydrogen) atoms. The minimum Gasteiger partial charge on any atom is -0.451 e. The van der Waals surface area contributed by atoms with Gasteiger partial charge in [-0.15, -0.1) is 0 Å². The van der Waals surface area contributed by atoms with Crippen LogP contribution in [0.25, 0.3) is 0 Å². The molecule has 2 rings (SSSR count). The molecule has 92 valence electrons. The molecule has 0 aromatic rings. The molecule has 2 heteroatoms. The molecule has 0 aliphatic heterocycles. The minimum atomic E-state index is -0.333. The summed E-state index contributed by atoms with van der Waals surface area (Å²) in [7, 11) is 0. The van der Waals surface area contributed by atoms with Crippen molar-refractivity contribution in [2.45, 2.75) is 51.0 Å². The number of hydrogen-bond acceptors (Lipinski definition) is 2. The topological polar surface area (TPSA) is 26.3 Å². The number of ether oxygens (including phenoxy) is 1. The van der Waals surface area contributed by atoms with Crippen LogP contribution in [0.2, 0.25) is 0 Å². The second kappa shape index (κ2) is 4.91. The molecule has 0 unspecified atom stereocenters. The summed E-state index contributed by atoms with van der Waals surface area (Å²) in [6.45, 7) is 5.37. The van der Waals surface area contributed by atoms with E-state index in [1.807, 2.05) is 0 Å². The molecule has 0 aromatic heterocycles. The Morgan fingerprint density at radius 1 is 1.41 bits per heavy atom. The molecule has 0 aromatic carbocycles. The highest BCUT2D eigenvalue weighted by atomic mass is 16.6. The summed E-state index contributed by atoms with van der Waals surface area (Å²) >= 11 is 0. The largest absolute Gasteiger partial charge is 0.451 e. The minimum absolute atomic E-state index is 0.248. The quantitative estimate of drug-likeness (QED) is 0.548. The number of allylic oxidation sites excluding steroid dienone is 3. The second-order valence-corrected chi connectivity index (χ2v) is 5.03. The Hall–Kier alpha value is -1.31. The number of esters is 1. The first kappa shape index (κ1) is 12.2. The Balaban J connectivity index is 2.20. The predicted molar refractivity (Wildman–Crippen MR) is 68.6 cm³/mol. The van der Waals surface area contributed by atoms with Gasteiger partial charge in [-0.2, -0.15) is 0 Å². The van der Waals surface area contributed by atoms with Crippen LogP contribution in [0.15, 0.2) is 36.0 Å². The summed E-state index contributed by atoms with van der Waals surface area (Å²) in [5, 5.41) is 0. The average Bonchev–Trinajstić information content (AvgIpc) is 2.80. The number of carbonyl (C=O) groups excluding carboxylic acids is 1. The van der Waals surface area contributed by atoms with E-state index >= 15 is 0 Å². The van der Waals surface area contributed by atoms with Crippen molar-refractivity contribution in [3.63, 3.8) is 0 Å². The second-order valence-electron chi connectivity index (χ2n) is 5.03. The van der Waals surface area contributed by atoms with E-state index in [-0.39, 0.29) is 11.6 Å². The lowest BCUT2D eigenvalue weighted by Gasteiger charge is -2.32. The maximum atomic E-state index is 11.8. The maximum absolute atomic E-state index is 11.8. The summed E-state index contributed by atoms with van der Waals surface area (Å²) in [6, 6.07) is 0. The SMILES string of the molecule is C=C(C)C(=O)OC1(C2=CC=CCC2)CCCC1. The number of carbonyl (C=O) groups is 1. The zero-order chi connectivity index (χ0) is 12.3. The fourth-order valence-electron chi connectivity index (χ4n) is 2.68. The van der Waals surface area contributed by atoms with E-state index in [1.165, 1.54) is 5.57 Å². The molecule has 0 atom stereocenters. The van der Waals surface area contributed by atoms with E-state index in [0.29, 0.717) is 5.57 Å². The molecule has 0 radical (unpaired) electrons. The van der Waals surface area contributed by atoms with Crippen molar-refractivity contribution in [3.8, 4) is 0 Å². The third kappa shape index (κ3) is 2.51. The fraction of sp³-hybridized carbons (Fsp3) is 0.533. The van der Waals surface area contributed by atoms with Gasteiger partial charge >= 0.3 is 5.97 Å². The van der Waals surface area contributed by atoms with Gasteiger partial charge < -0.3 is 4.74 Å². The Morgan fingerprint density at radius 3 is 2.65 bits per heavy atom. The molecule has 0 N–H and O–H groups in total. The summed E-state index contributed by atoms with van der Waals surface area (Å²) in [6.07, 6.45) is 12.6. The van der Waals surface area contributed by atoms with E-state index in [0.717, 1.165) is 38.5 Å². The van der Waals surface area contributed by atoms with Crippen LogP contribution in [0.4, 0.5) is 0 Å². The molecule has 0 spiro atoms. The summed E-state index contributed by atoms with van der Waals surface area (Å²) in [4.78, 5) is 11.8. The van der Waals surface area contributed by atoms with E-state index in [4.69, 9.17) is 4.74 Å². The highest BCUT2D eigenvalue weighted by Crippen LogP contribution is 2.42. The van der Waals surface area contributed by atoms with Crippen LogP contribution in [0.5, 0.6) is 0 Å². The number of hydrogen-bond donors (Lipinski definition) is 0. The van der Waals surface area contributed by atoms with Crippen molar-refractivity contribution < 1.29 is 9.53 Å². The molecule has 2 aliphatic carbocycles. The highest BCUT2D eigenvalue weighted by molar-refractivity contribution is 5.87. The molecular weight excluding hydrogens is 212 g/mol. The first-order valence-electron chi connectivity index (χ1n) is 6.39. The van der Waals surface area contributed by atoms with Gasteiger partial charge in [-0.25, -0.2) is 4.79 Å². The molecule has 0 heterocycles. The van der Waals surface area contributed by atoms with Gasteiger partial charge in [0.15, 0.2) is 0 Å². The first-order valence-corrected chi connectivity index (χ1v) is 6.39. The van der Waals surface area contributed by atoms with Crippen LogP contribution in [0.1, 0.15) is 45.4 Å². The molecule has 0 saturated heterocycles. The smallest absolute Gasteiger partial charge is 0.333 e. The monoisotopic (exact) mass is 232 g/mol. The Morgan fingerprint density at radius 2 is 2.12 bits per heavy atom. The average molecular weight is 232 g/mol. The Labute approximate surface area is 103 Å². The molecule has 0 bridgehead atoms. The van der Waals surface area contributed by atoms with Crippen LogP contribution < -0.4 is 0 Å². The lowest BCUT2D eigenvalue weighted by atomic mass is 9.86. The molecule has 2 nitrogen and oxygen atoms in total. The van der Waals surface area contributed by atoms with E-state index in [2.05, 4.69) is 24.8 Å². The van der Waals surface area contributed by atoms with Gasteiger partial charge in [0.2, 0.25) is 0 Å². The van der Waals surface area contributed by atoms with Crippen LogP contribution in [-0.4, -0.2) is 11.6 Å². The van der Waals surface area contributed by atoms with Crippen molar-refractivity contribution in [1.29, 1.82) is 0 Å². The normalized spacial score (nSPS) is 22.1. The van der Waals surface area contributed by atoms with Gasteiger partial charge in [0.05, 0.1) is 0 Å². The van der Waals surface area contributed by atoms with Gasteiger partial charge in [-0.1, -0.05) is 24.8 Å². The first-order chi connectivity index (χ1) is 8.14. The van der Waals surface area contributed by atoms with Gasteiger partial charge in [0, 0.05) is 5.57 Å². The van der Waals surface area contributed by atoms with Crippen molar-refractivity contribution in [3.05, 3.63) is 36.0 Å². The Bertz CT molecular complexity index is 382. The van der Waals surface area contributed by atoms with Crippen molar-refractivity contribution >= 4 is 5.97 Å². The maximum Gasteiger partial charge on any atom is 0.333 e. The lowest BCUT2D eigenvalue weighted by Crippen LogP contribution is -2.35. The lowest BCUT2D eigenvalue weighted by molar-refractivity contribution is -0.150. The van der Waals surface area contributed by atoms with Crippen LogP contribution in [-0.2, 0) is 9.53 Å². The van der Waals surface area contributed by atoms with Crippen molar-refractivity contribution in [2.24, 2.45) is 0 Å². The fourth-order valence-corrected chi connectivity index (χ4v) is 2.68. The summed E-state index contributed by atoms with van der Waals surface area (Å²) in [5.74, 6) is -0.248. The Kier molecular flexibility index (Phi) is 3.51. The van der Waals surface area contributed by atoms with Crippen LogP contribution >= 0.6 is 0 Å². The van der Waals surface area contributed by atoms with Gasteiger partial charge in [-0.3, -0.25) is 0 Å². The van der Waals surface area contributed by atoms with E-state index in [1.54, 1.807) is 6.92 Å². The van der Waals surface area contributed by atoms with Crippen molar-refractivity contribution in [1.82, 2.24) is 0 Å². The molecule has 1 fully saturated rings.